The van der Waals surface area contributed by atoms with E-state index in [-0.39, 0.29) is 12.5 Å². The zero-order valence-electron chi connectivity index (χ0n) is 20.0. The molecule has 0 aromatic heterocycles. The van der Waals surface area contributed by atoms with Gasteiger partial charge in [0.05, 0.1) is 25.0 Å². The maximum atomic E-state index is 12.4. The lowest BCUT2D eigenvalue weighted by Crippen LogP contribution is -2.29. The molecule has 0 saturated carbocycles. The van der Waals surface area contributed by atoms with E-state index >= 15 is 0 Å². The Morgan fingerprint density at radius 2 is 1.53 bits per heavy atom. The maximum absolute atomic E-state index is 12.4. The van der Waals surface area contributed by atoms with Crippen LogP contribution in [0.5, 0.6) is 5.75 Å². The lowest BCUT2D eigenvalue weighted by atomic mass is 10.1. The summed E-state index contributed by atoms with van der Waals surface area (Å²) in [6.07, 6.45) is 3.35. The fourth-order valence-electron chi connectivity index (χ4n) is 3.51. The Bertz CT molecular complexity index is 1170. The second-order valence-electron chi connectivity index (χ2n) is 8.30. The highest BCUT2D eigenvalue weighted by atomic mass is 32.2. The van der Waals surface area contributed by atoms with Gasteiger partial charge in [-0.3, -0.25) is 9.10 Å². The third-order valence-electron chi connectivity index (χ3n) is 5.38. The van der Waals surface area contributed by atoms with E-state index < -0.39 is 10.0 Å². The van der Waals surface area contributed by atoms with Gasteiger partial charge in [-0.2, -0.15) is 0 Å². The van der Waals surface area contributed by atoms with Crippen LogP contribution < -0.4 is 14.4 Å². The van der Waals surface area contributed by atoms with Crippen LogP contribution in [0.4, 0.5) is 5.69 Å². The Balaban J connectivity index is 1.52. The number of anilines is 1. The molecule has 0 spiro atoms. The van der Waals surface area contributed by atoms with Crippen molar-refractivity contribution in [1.29, 1.82) is 0 Å². The van der Waals surface area contributed by atoms with Crippen molar-refractivity contribution in [3.05, 3.63) is 95.1 Å². The molecule has 0 fully saturated rings. The zero-order chi connectivity index (χ0) is 24.6. The average molecular weight is 481 g/mol. The highest BCUT2D eigenvalue weighted by Gasteiger charge is 2.18. The minimum absolute atomic E-state index is 0.189. The number of carbonyl (C=O) groups is 1. The van der Waals surface area contributed by atoms with E-state index in [0.717, 1.165) is 29.7 Å². The highest BCUT2D eigenvalue weighted by Crippen LogP contribution is 2.21. The molecule has 0 aliphatic rings. The third-order valence-corrected chi connectivity index (χ3v) is 6.52. The van der Waals surface area contributed by atoms with Gasteiger partial charge in [-0.25, -0.2) is 8.42 Å². The lowest BCUT2D eigenvalue weighted by molar-refractivity contribution is 0.0947. The molecule has 0 atom stereocenters. The van der Waals surface area contributed by atoms with Gasteiger partial charge >= 0.3 is 0 Å². The van der Waals surface area contributed by atoms with Gasteiger partial charge in [-0.1, -0.05) is 55.3 Å². The van der Waals surface area contributed by atoms with Crippen molar-refractivity contribution in [2.24, 2.45) is 0 Å². The smallest absolute Gasteiger partial charge is 0.251 e. The van der Waals surface area contributed by atoms with E-state index in [0.29, 0.717) is 24.4 Å². The summed E-state index contributed by atoms with van der Waals surface area (Å²) >= 11 is 0. The van der Waals surface area contributed by atoms with E-state index in [1.165, 1.54) is 16.1 Å². The fourth-order valence-corrected chi connectivity index (χ4v) is 4.40. The number of ether oxygens (including phenoxy) is 1. The molecule has 6 nitrogen and oxygen atoms in total. The van der Waals surface area contributed by atoms with Gasteiger partial charge in [0, 0.05) is 5.56 Å². The van der Waals surface area contributed by atoms with Gasteiger partial charge in [-0.15, -0.1) is 0 Å². The van der Waals surface area contributed by atoms with Crippen LogP contribution in [0.1, 0.15) is 40.4 Å². The van der Waals surface area contributed by atoms with Crippen molar-refractivity contribution >= 4 is 21.6 Å². The molecular formula is C27H32N2O4S. The minimum atomic E-state index is -3.46. The summed E-state index contributed by atoms with van der Waals surface area (Å²) in [6, 6.07) is 22.3. The predicted octanol–water partition coefficient (Wildman–Crippen LogP) is 4.72. The van der Waals surface area contributed by atoms with Crippen LogP contribution in [-0.2, 0) is 23.0 Å². The van der Waals surface area contributed by atoms with Crippen LogP contribution >= 0.6 is 0 Å². The number of amides is 1. The standard InChI is InChI=1S/C27H32N2O4S/c1-4-5-22-10-16-26(17-11-22)33-19-18-28-27(30)24-12-8-23(9-13-24)20-29(34(3,31)32)25-14-6-21(2)7-15-25/h6-17H,4-5,18-20H2,1-3H3,(H,28,30). The number of hydrogen-bond acceptors (Lipinski definition) is 4. The topological polar surface area (TPSA) is 75.7 Å². The monoisotopic (exact) mass is 480 g/mol. The molecule has 3 rings (SSSR count). The number of nitrogens with one attached hydrogen (secondary N) is 1. The summed E-state index contributed by atoms with van der Waals surface area (Å²) in [5.74, 6) is 0.578. The van der Waals surface area contributed by atoms with Crippen molar-refractivity contribution in [2.45, 2.75) is 33.2 Å². The molecule has 0 bridgehead atoms. The number of carbonyl (C=O) groups excluding carboxylic acids is 1. The van der Waals surface area contributed by atoms with Gasteiger partial charge in [0.15, 0.2) is 0 Å². The van der Waals surface area contributed by atoms with Crippen molar-refractivity contribution in [2.75, 3.05) is 23.7 Å². The van der Waals surface area contributed by atoms with Gasteiger partial charge < -0.3 is 10.1 Å². The summed E-state index contributed by atoms with van der Waals surface area (Å²) in [7, 11) is -3.46. The maximum Gasteiger partial charge on any atom is 0.251 e. The summed E-state index contributed by atoms with van der Waals surface area (Å²) < 4.78 is 31.7. The Labute approximate surface area is 202 Å². The SMILES string of the molecule is CCCc1ccc(OCCNC(=O)c2ccc(CN(c3ccc(C)cc3)S(C)(=O)=O)cc2)cc1. The number of nitrogens with zero attached hydrogens (tertiary/aromatic N) is 1. The van der Waals surface area contributed by atoms with Gasteiger partial charge in [0.25, 0.3) is 5.91 Å². The van der Waals surface area contributed by atoms with Gasteiger partial charge in [0.1, 0.15) is 12.4 Å². The number of rotatable bonds is 11. The summed E-state index contributed by atoms with van der Waals surface area (Å²) in [5, 5.41) is 2.85. The molecule has 3 aromatic rings. The quantitative estimate of drug-likeness (QED) is 0.403. The Kier molecular flexibility index (Phi) is 8.71. The molecule has 0 heterocycles. The van der Waals surface area contributed by atoms with E-state index in [1.54, 1.807) is 36.4 Å². The summed E-state index contributed by atoms with van der Waals surface area (Å²) in [6.45, 7) is 5.05. The Morgan fingerprint density at radius 1 is 0.912 bits per heavy atom. The first-order valence-electron chi connectivity index (χ1n) is 11.4. The fraction of sp³-hybridized carbons (Fsp3) is 0.296. The van der Waals surface area contributed by atoms with Crippen molar-refractivity contribution in [3.8, 4) is 5.75 Å². The first-order chi connectivity index (χ1) is 16.3. The molecular weight excluding hydrogens is 448 g/mol. The average Bonchev–Trinajstić information content (AvgIpc) is 2.82. The molecule has 1 amide bonds. The molecule has 0 radical (unpaired) electrons. The van der Waals surface area contributed by atoms with Gasteiger partial charge in [-0.05, 0) is 60.9 Å². The van der Waals surface area contributed by atoms with Crippen molar-refractivity contribution in [3.63, 3.8) is 0 Å². The minimum Gasteiger partial charge on any atom is -0.492 e. The third kappa shape index (κ3) is 7.35. The van der Waals surface area contributed by atoms with Crippen molar-refractivity contribution in [1.82, 2.24) is 5.32 Å². The number of benzene rings is 3. The molecule has 0 aliphatic carbocycles. The summed E-state index contributed by atoms with van der Waals surface area (Å²) in [5.41, 5.74) is 4.24. The van der Waals surface area contributed by atoms with Crippen LogP contribution in [0.2, 0.25) is 0 Å². The van der Waals surface area contributed by atoms with E-state index in [9.17, 15) is 13.2 Å². The van der Waals surface area contributed by atoms with Crippen LogP contribution in [0.25, 0.3) is 0 Å². The predicted molar refractivity (Wildman–Crippen MR) is 137 cm³/mol. The number of aryl methyl sites for hydroxylation is 2. The van der Waals surface area contributed by atoms with E-state index in [1.807, 2.05) is 31.2 Å². The lowest BCUT2D eigenvalue weighted by Gasteiger charge is -2.22. The number of hydrogen-bond donors (Lipinski definition) is 1. The molecule has 3 aromatic carbocycles. The molecule has 0 aliphatic heterocycles. The van der Waals surface area contributed by atoms with Crippen molar-refractivity contribution < 1.29 is 17.9 Å². The largest absolute Gasteiger partial charge is 0.492 e. The number of sulfonamides is 1. The molecule has 1 N–H and O–H groups in total. The molecule has 34 heavy (non-hydrogen) atoms. The first-order valence-corrected chi connectivity index (χ1v) is 13.2. The molecule has 180 valence electrons. The van der Waals surface area contributed by atoms with E-state index in [2.05, 4.69) is 24.4 Å². The van der Waals surface area contributed by atoms with Crippen LogP contribution in [-0.4, -0.2) is 33.7 Å². The highest BCUT2D eigenvalue weighted by molar-refractivity contribution is 7.92. The van der Waals surface area contributed by atoms with Crippen LogP contribution in [0.15, 0.2) is 72.8 Å². The van der Waals surface area contributed by atoms with Crippen LogP contribution in [0.3, 0.4) is 0 Å². The summed E-state index contributed by atoms with van der Waals surface area (Å²) in [4.78, 5) is 12.4. The Hall–Kier alpha value is -3.32. The molecule has 7 heteroatoms. The van der Waals surface area contributed by atoms with Crippen LogP contribution in [0, 0.1) is 6.92 Å². The zero-order valence-corrected chi connectivity index (χ0v) is 20.8. The second kappa shape index (κ2) is 11.7. The van der Waals surface area contributed by atoms with E-state index in [4.69, 9.17) is 4.74 Å². The Morgan fingerprint density at radius 3 is 2.12 bits per heavy atom. The molecule has 0 unspecified atom stereocenters. The second-order valence-corrected chi connectivity index (χ2v) is 10.2. The molecule has 0 saturated heterocycles. The first kappa shape index (κ1) is 25.3. The normalized spacial score (nSPS) is 11.1. The van der Waals surface area contributed by atoms with Gasteiger partial charge in [0.2, 0.25) is 10.0 Å².